The van der Waals surface area contributed by atoms with Crippen molar-refractivity contribution < 1.29 is 0 Å². The molecule has 1 heterocycles. The Labute approximate surface area is 281 Å². The number of nitrogens with zero attached hydrogens (tertiary/aromatic N) is 3. The monoisotopic (exact) mass is 645 g/mol. The van der Waals surface area contributed by atoms with Crippen molar-refractivity contribution in [1.82, 2.24) is 15.0 Å². The van der Waals surface area contributed by atoms with Gasteiger partial charge in [0.2, 0.25) is 0 Å². The highest BCUT2D eigenvalue weighted by atomic mass is 28.3. The van der Waals surface area contributed by atoms with Gasteiger partial charge < -0.3 is 0 Å². The molecule has 1 aliphatic carbocycles. The van der Waals surface area contributed by atoms with E-state index >= 15 is 0 Å². The zero-order valence-electron chi connectivity index (χ0n) is 28.8. The number of fused-ring (bicyclic) bond motifs is 3. The van der Waals surface area contributed by atoms with E-state index in [-0.39, 0.29) is 5.41 Å². The minimum atomic E-state index is -1.43. The standard InChI is InChI=1S/C42H43N3Si2/c1-42(2)37-18-10-9-15-35(37)36-17-12-16-34(38(36)42)30-13-11-14-31(27-30)41-44-39(28-19-23-32(24-20-28)46(3,4)5)43-40(45-41)29-21-25-33(26-22-29)47(6,7)8/h9-27H,1-8H3. The first-order valence-electron chi connectivity index (χ1n) is 16.6. The fourth-order valence-electron chi connectivity index (χ4n) is 6.92. The van der Waals surface area contributed by atoms with Gasteiger partial charge in [-0.2, -0.15) is 0 Å². The van der Waals surface area contributed by atoms with Crippen LogP contribution in [0.2, 0.25) is 39.3 Å². The van der Waals surface area contributed by atoms with Crippen molar-refractivity contribution in [3.63, 3.8) is 0 Å². The maximum absolute atomic E-state index is 5.11. The summed E-state index contributed by atoms with van der Waals surface area (Å²) >= 11 is 0. The lowest BCUT2D eigenvalue weighted by molar-refractivity contribution is 0.662. The third-order valence-corrected chi connectivity index (χ3v) is 13.8. The van der Waals surface area contributed by atoms with Crippen molar-refractivity contribution in [3.05, 3.63) is 126 Å². The summed E-state index contributed by atoms with van der Waals surface area (Å²) in [6, 6.07) is 42.0. The molecule has 0 radical (unpaired) electrons. The van der Waals surface area contributed by atoms with Crippen LogP contribution < -0.4 is 10.4 Å². The highest BCUT2D eigenvalue weighted by Gasteiger charge is 2.37. The molecule has 0 bridgehead atoms. The molecule has 234 valence electrons. The predicted octanol–water partition coefficient (Wildman–Crippen LogP) is 9.94. The van der Waals surface area contributed by atoms with Crippen LogP contribution >= 0.6 is 0 Å². The summed E-state index contributed by atoms with van der Waals surface area (Å²) in [5.41, 5.74) is 10.7. The molecule has 6 aromatic rings. The second-order valence-electron chi connectivity index (χ2n) is 15.4. The Bertz CT molecular complexity index is 2040. The lowest BCUT2D eigenvalue weighted by atomic mass is 9.79. The quantitative estimate of drug-likeness (QED) is 0.169. The van der Waals surface area contributed by atoms with E-state index in [1.54, 1.807) is 0 Å². The molecule has 0 saturated carbocycles. The zero-order valence-corrected chi connectivity index (χ0v) is 30.8. The van der Waals surface area contributed by atoms with Crippen molar-refractivity contribution in [2.75, 3.05) is 0 Å². The topological polar surface area (TPSA) is 38.7 Å². The van der Waals surface area contributed by atoms with Gasteiger partial charge in [0.05, 0.1) is 16.1 Å². The lowest BCUT2D eigenvalue weighted by Crippen LogP contribution is -2.37. The third kappa shape index (κ3) is 5.72. The van der Waals surface area contributed by atoms with Gasteiger partial charge in [-0.3, -0.25) is 0 Å². The molecule has 0 saturated heterocycles. The van der Waals surface area contributed by atoms with Crippen LogP contribution in [0.1, 0.15) is 25.0 Å². The van der Waals surface area contributed by atoms with E-state index < -0.39 is 16.1 Å². The molecule has 5 heteroatoms. The first-order valence-corrected chi connectivity index (χ1v) is 23.6. The summed E-state index contributed by atoms with van der Waals surface area (Å²) in [7, 11) is -2.86. The first kappa shape index (κ1) is 31.2. The number of benzene rings is 5. The van der Waals surface area contributed by atoms with Crippen molar-refractivity contribution in [3.8, 4) is 56.4 Å². The molecule has 47 heavy (non-hydrogen) atoms. The first-order chi connectivity index (χ1) is 22.3. The van der Waals surface area contributed by atoms with E-state index in [2.05, 4.69) is 168 Å². The Kier molecular flexibility index (Phi) is 7.53. The van der Waals surface area contributed by atoms with Crippen LogP contribution in [0.15, 0.2) is 115 Å². The van der Waals surface area contributed by atoms with Crippen molar-refractivity contribution in [2.24, 2.45) is 0 Å². The average Bonchev–Trinajstić information content (AvgIpc) is 3.30. The fraction of sp³-hybridized carbons (Fsp3) is 0.214. The molecule has 0 spiro atoms. The van der Waals surface area contributed by atoms with Gasteiger partial charge in [-0.1, -0.05) is 173 Å². The molecule has 0 fully saturated rings. The lowest BCUT2D eigenvalue weighted by Gasteiger charge is -2.24. The van der Waals surface area contributed by atoms with E-state index in [9.17, 15) is 0 Å². The molecular formula is C42H43N3Si2. The molecule has 0 amide bonds. The van der Waals surface area contributed by atoms with E-state index in [0.29, 0.717) is 17.5 Å². The second-order valence-corrected chi connectivity index (χ2v) is 25.6. The maximum Gasteiger partial charge on any atom is 0.164 e. The molecule has 1 aromatic heterocycles. The molecule has 0 unspecified atom stereocenters. The summed E-state index contributed by atoms with van der Waals surface area (Å²) in [5.74, 6) is 2.08. The van der Waals surface area contributed by atoms with E-state index in [1.165, 1.54) is 43.8 Å². The maximum atomic E-state index is 5.11. The molecule has 0 aliphatic heterocycles. The van der Waals surface area contributed by atoms with Crippen LogP contribution in [0.4, 0.5) is 0 Å². The van der Waals surface area contributed by atoms with Crippen LogP contribution in [-0.2, 0) is 5.41 Å². The average molecular weight is 646 g/mol. The van der Waals surface area contributed by atoms with Crippen molar-refractivity contribution >= 4 is 26.5 Å². The predicted molar refractivity (Wildman–Crippen MR) is 205 cm³/mol. The van der Waals surface area contributed by atoms with Crippen LogP contribution in [0.25, 0.3) is 56.4 Å². The van der Waals surface area contributed by atoms with Gasteiger partial charge in [-0.25, -0.2) is 15.0 Å². The summed E-state index contributed by atoms with van der Waals surface area (Å²) in [6.07, 6.45) is 0. The van der Waals surface area contributed by atoms with Crippen molar-refractivity contribution in [1.29, 1.82) is 0 Å². The van der Waals surface area contributed by atoms with E-state index in [1.807, 2.05) is 0 Å². The molecule has 0 N–H and O–H groups in total. The summed E-state index contributed by atoms with van der Waals surface area (Å²) in [4.78, 5) is 15.3. The van der Waals surface area contributed by atoms with Gasteiger partial charge in [0.25, 0.3) is 0 Å². The Morgan fingerprint density at radius 3 is 1.43 bits per heavy atom. The Balaban J connectivity index is 1.36. The van der Waals surface area contributed by atoms with Crippen LogP contribution in [-0.4, -0.2) is 31.1 Å². The van der Waals surface area contributed by atoms with Crippen molar-refractivity contribution in [2.45, 2.75) is 58.5 Å². The van der Waals surface area contributed by atoms with Crippen LogP contribution in [0, 0.1) is 0 Å². The number of hydrogen-bond acceptors (Lipinski definition) is 3. The SMILES string of the molecule is CC1(C)c2ccccc2-c2cccc(-c3cccc(-c4nc(-c5ccc([Si](C)(C)C)cc5)nc(-c5ccc([Si](C)(C)C)cc5)n4)c3)c21. The largest absolute Gasteiger partial charge is 0.208 e. The van der Waals surface area contributed by atoms with Gasteiger partial charge >= 0.3 is 0 Å². The van der Waals surface area contributed by atoms with Crippen LogP contribution in [0.5, 0.6) is 0 Å². The van der Waals surface area contributed by atoms with E-state index in [0.717, 1.165) is 16.7 Å². The minimum absolute atomic E-state index is 0.101. The summed E-state index contributed by atoms with van der Waals surface area (Å²) < 4.78 is 0. The molecule has 3 nitrogen and oxygen atoms in total. The summed E-state index contributed by atoms with van der Waals surface area (Å²) in [5, 5.41) is 2.84. The zero-order chi connectivity index (χ0) is 33.1. The molecular weight excluding hydrogens is 603 g/mol. The minimum Gasteiger partial charge on any atom is -0.208 e. The number of aromatic nitrogens is 3. The fourth-order valence-corrected chi connectivity index (χ4v) is 9.25. The Morgan fingerprint density at radius 2 is 0.872 bits per heavy atom. The highest BCUT2D eigenvalue weighted by Crippen LogP contribution is 2.52. The summed E-state index contributed by atoms with van der Waals surface area (Å²) in [6.45, 7) is 18.9. The number of rotatable bonds is 6. The van der Waals surface area contributed by atoms with Gasteiger partial charge in [0, 0.05) is 22.1 Å². The van der Waals surface area contributed by atoms with Crippen LogP contribution in [0.3, 0.4) is 0 Å². The van der Waals surface area contributed by atoms with Gasteiger partial charge in [0.15, 0.2) is 17.5 Å². The second kappa shape index (κ2) is 11.4. The molecule has 7 rings (SSSR count). The Hall–Kier alpha value is -4.46. The molecule has 1 aliphatic rings. The molecule has 5 aromatic carbocycles. The smallest absolute Gasteiger partial charge is 0.164 e. The Morgan fingerprint density at radius 1 is 0.426 bits per heavy atom. The van der Waals surface area contributed by atoms with E-state index in [4.69, 9.17) is 15.0 Å². The third-order valence-electron chi connectivity index (χ3n) is 9.67. The number of hydrogen-bond donors (Lipinski definition) is 0. The normalized spacial score (nSPS) is 13.7. The van der Waals surface area contributed by atoms with Gasteiger partial charge in [0.1, 0.15) is 0 Å². The molecule has 0 atom stereocenters. The highest BCUT2D eigenvalue weighted by molar-refractivity contribution is 6.89. The van der Waals surface area contributed by atoms with Gasteiger partial charge in [-0.05, 0) is 39.4 Å². The van der Waals surface area contributed by atoms with Gasteiger partial charge in [-0.15, -0.1) is 0 Å².